The molecule has 0 bridgehead atoms. The van der Waals surface area contributed by atoms with Gasteiger partial charge >= 0.3 is 0 Å². The Labute approximate surface area is 191 Å². The van der Waals surface area contributed by atoms with E-state index < -0.39 is 10.0 Å². The lowest BCUT2D eigenvalue weighted by Crippen LogP contribution is -2.49. The number of piperazine rings is 1. The molecule has 0 spiro atoms. The standard InChI is InChI=1S/C23H23N3O4S2/c1-17(27)25-9-11-26(12-10-25)32(29,30)22-7-3-5-19(15-22)23(28)24-21-6-2-4-18(14-21)20-8-13-31-16-20/h2-8,13-16H,9-12H2,1H3,(H,24,28). The summed E-state index contributed by atoms with van der Waals surface area (Å²) in [6, 6.07) is 15.6. The summed E-state index contributed by atoms with van der Waals surface area (Å²) >= 11 is 1.60. The third kappa shape index (κ3) is 4.74. The number of thiophene rings is 1. The van der Waals surface area contributed by atoms with E-state index in [2.05, 4.69) is 5.32 Å². The van der Waals surface area contributed by atoms with Gasteiger partial charge in [0, 0.05) is 44.4 Å². The van der Waals surface area contributed by atoms with E-state index in [0.717, 1.165) is 11.1 Å². The molecule has 0 saturated carbocycles. The number of carbonyl (C=O) groups is 2. The quantitative estimate of drug-likeness (QED) is 0.619. The van der Waals surface area contributed by atoms with Gasteiger partial charge in [-0.15, -0.1) is 0 Å². The van der Waals surface area contributed by atoms with Crippen LogP contribution < -0.4 is 5.32 Å². The van der Waals surface area contributed by atoms with Gasteiger partial charge in [0.2, 0.25) is 15.9 Å². The highest BCUT2D eigenvalue weighted by atomic mass is 32.2. The van der Waals surface area contributed by atoms with Gasteiger partial charge in [0.25, 0.3) is 5.91 Å². The number of hydrogen-bond donors (Lipinski definition) is 1. The first-order valence-corrected chi connectivity index (χ1v) is 12.5. The predicted octanol–water partition coefficient (Wildman–Crippen LogP) is 3.52. The first-order chi connectivity index (χ1) is 15.3. The second-order valence-corrected chi connectivity index (χ2v) is 10.2. The fraction of sp³-hybridized carbons (Fsp3) is 0.217. The number of benzene rings is 2. The van der Waals surface area contributed by atoms with Crippen LogP contribution in [0.2, 0.25) is 0 Å². The molecule has 166 valence electrons. The molecule has 1 aromatic heterocycles. The molecule has 0 aliphatic carbocycles. The average Bonchev–Trinajstić information content (AvgIpc) is 3.34. The average molecular weight is 470 g/mol. The summed E-state index contributed by atoms with van der Waals surface area (Å²) in [5, 5.41) is 6.87. The van der Waals surface area contributed by atoms with E-state index in [0.29, 0.717) is 18.8 Å². The Hall–Kier alpha value is -3.01. The molecular weight excluding hydrogens is 446 g/mol. The number of carbonyl (C=O) groups excluding carboxylic acids is 2. The van der Waals surface area contributed by atoms with Crippen LogP contribution in [-0.2, 0) is 14.8 Å². The molecule has 1 saturated heterocycles. The molecule has 1 aliphatic rings. The Morgan fingerprint density at radius 2 is 1.69 bits per heavy atom. The van der Waals surface area contributed by atoms with Crippen LogP contribution in [-0.4, -0.2) is 55.6 Å². The second-order valence-electron chi connectivity index (χ2n) is 7.48. The lowest BCUT2D eigenvalue weighted by atomic mass is 10.1. The van der Waals surface area contributed by atoms with Crippen molar-refractivity contribution in [1.29, 1.82) is 0 Å². The molecule has 2 heterocycles. The normalized spacial score (nSPS) is 14.8. The fourth-order valence-corrected chi connectivity index (χ4v) is 5.73. The molecule has 1 aliphatic heterocycles. The van der Waals surface area contributed by atoms with Gasteiger partial charge in [-0.3, -0.25) is 9.59 Å². The molecule has 2 amide bonds. The van der Waals surface area contributed by atoms with Crippen LogP contribution >= 0.6 is 11.3 Å². The fourth-order valence-electron chi connectivity index (χ4n) is 3.60. The van der Waals surface area contributed by atoms with Gasteiger partial charge in [-0.1, -0.05) is 18.2 Å². The maximum atomic E-state index is 13.1. The molecule has 32 heavy (non-hydrogen) atoms. The van der Waals surface area contributed by atoms with Gasteiger partial charge in [-0.2, -0.15) is 15.6 Å². The van der Waals surface area contributed by atoms with Crippen molar-refractivity contribution in [1.82, 2.24) is 9.21 Å². The first kappa shape index (κ1) is 22.2. The summed E-state index contributed by atoms with van der Waals surface area (Å²) in [6.45, 7) is 2.65. The van der Waals surface area contributed by atoms with Crippen molar-refractivity contribution in [3.63, 3.8) is 0 Å². The molecule has 1 N–H and O–H groups in total. The molecular formula is C23H23N3O4S2. The smallest absolute Gasteiger partial charge is 0.255 e. The van der Waals surface area contributed by atoms with E-state index in [1.54, 1.807) is 34.4 Å². The second kappa shape index (κ2) is 9.23. The van der Waals surface area contributed by atoms with Crippen LogP contribution in [0, 0.1) is 0 Å². The number of sulfonamides is 1. The molecule has 0 radical (unpaired) electrons. The zero-order valence-electron chi connectivity index (χ0n) is 17.5. The molecule has 2 aromatic carbocycles. The van der Waals surface area contributed by atoms with Crippen molar-refractivity contribution in [2.45, 2.75) is 11.8 Å². The monoisotopic (exact) mass is 469 g/mol. The summed E-state index contributed by atoms with van der Waals surface area (Å²) in [4.78, 5) is 26.0. The molecule has 1 fully saturated rings. The summed E-state index contributed by atoms with van der Waals surface area (Å²) in [5.74, 6) is -0.449. The lowest BCUT2D eigenvalue weighted by Gasteiger charge is -2.33. The Kier molecular flexibility index (Phi) is 6.40. The van der Waals surface area contributed by atoms with Crippen molar-refractivity contribution >= 4 is 38.9 Å². The van der Waals surface area contributed by atoms with Crippen molar-refractivity contribution in [3.05, 3.63) is 70.9 Å². The van der Waals surface area contributed by atoms with Gasteiger partial charge in [0.15, 0.2) is 0 Å². The SMILES string of the molecule is CC(=O)N1CCN(S(=O)(=O)c2cccc(C(=O)Nc3cccc(-c4ccsc4)c3)c2)CC1. The van der Waals surface area contributed by atoms with Crippen LogP contribution in [0.15, 0.2) is 70.3 Å². The highest BCUT2D eigenvalue weighted by Crippen LogP contribution is 2.25. The number of anilines is 1. The topological polar surface area (TPSA) is 86.8 Å². The number of rotatable bonds is 5. The molecule has 4 rings (SSSR count). The third-order valence-electron chi connectivity index (χ3n) is 5.39. The van der Waals surface area contributed by atoms with Gasteiger partial charge in [-0.25, -0.2) is 8.42 Å². The van der Waals surface area contributed by atoms with Gasteiger partial charge < -0.3 is 10.2 Å². The number of nitrogens with one attached hydrogen (secondary N) is 1. The predicted molar refractivity (Wildman–Crippen MR) is 125 cm³/mol. The van der Waals surface area contributed by atoms with E-state index in [-0.39, 0.29) is 35.4 Å². The van der Waals surface area contributed by atoms with E-state index in [1.165, 1.54) is 23.4 Å². The summed E-state index contributed by atoms with van der Waals surface area (Å²) < 4.78 is 27.5. The summed E-state index contributed by atoms with van der Waals surface area (Å²) in [7, 11) is -3.76. The van der Waals surface area contributed by atoms with Crippen LogP contribution in [0.25, 0.3) is 11.1 Å². The number of nitrogens with zero attached hydrogens (tertiary/aromatic N) is 2. The molecule has 3 aromatic rings. The van der Waals surface area contributed by atoms with E-state index >= 15 is 0 Å². The van der Waals surface area contributed by atoms with Gasteiger partial charge in [-0.05, 0) is 58.3 Å². The molecule has 0 atom stereocenters. The largest absolute Gasteiger partial charge is 0.340 e. The zero-order valence-corrected chi connectivity index (χ0v) is 19.2. The Balaban J connectivity index is 1.50. The van der Waals surface area contributed by atoms with E-state index in [9.17, 15) is 18.0 Å². The van der Waals surface area contributed by atoms with Crippen LogP contribution in [0.5, 0.6) is 0 Å². The van der Waals surface area contributed by atoms with Crippen molar-refractivity contribution in [2.75, 3.05) is 31.5 Å². The maximum absolute atomic E-state index is 13.1. The Morgan fingerprint density at radius 1 is 0.938 bits per heavy atom. The Bertz CT molecular complexity index is 1230. The van der Waals surface area contributed by atoms with Crippen molar-refractivity contribution in [2.24, 2.45) is 0 Å². The van der Waals surface area contributed by atoms with Crippen molar-refractivity contribution in [3.8, 4) is 11.1 Å². The minimum Gasteiger partial charge on any atom is -0.340 e. The van der Waals surface area contributed by atoms with Gasteiger partial charge in [0.1, 0.15) is 0 Å². The van der Waals surface area contributed by atoms with Crippen LogP contribution in [0.1, 0.15) is 17.3 Å². The zero-order chi connectivity index (χ0) is 22.7. The summed E-state index contributed by atoms with van der Waals surface area (Å²) in [6.07, 6.45) is 0. The molecule has 9 heteroatoms. The minimum absolute atomic E-state index is 0.0634. The number of amides is 2. The molecule has 0 unspecified atom stereocenters. The highest BCUT2D eigenvalue weighted by Gasteiger charge is 2.29. The van der Waals surface area contributed by atoms with Crippen molar-refractivity contribution < 1.29 is 18.0 Å². The minimum atomic E-state index is -3.76. The first-order valence-electron chi connectivity index (χ1n) is 10.1. The van der Waals surface area contributed by atoms with Crippen LogP contribution in [0.4, 0.5) is 5.69 Å². The Morgan fingerprint density at radius 3 is 2.38 bits per heavy atom. The van der Waals surface area contributed by atoms with E-state index in [4.69, 9.17) is 0 Å². The summed E-state index contributed by atoms with van der Waals surface area (Å²) in [5.41, 5.74) is 2.95. The third-order valence-corrected chi connectivity index (χ3v) is 7.97. The van der Waals surface area contributed by atoms with Gasteiger partial charge in [0.05, 0.1) is 4.90 Å². The lowest BCUT2D eigenvalue weighted by molar-refractivity contribution is -0.129. The highest BCUT2D eigenvalue weighted by molar-refractivity contribution is 7.89. The molecule has 7 nitrogen and oxygen atoms in total. The van der Waals surface area contributed by atoms with E-state index in [1.807, 2.05) is 35.0 Å². The maximum Gasteiger partial charge on any atom is 0.255 e. The van der Waals surface area contributed by atoms with Crippen LogP contribution in [0.3, 0.4) is 0 Å². The number of hydrogen-bond acceptors (Lipinski definition) is 5.